The largest absolute Gasteiger partial charge is 0.487 e. The Balaban J connectivity index is 1.92. The van der Waals surface area contributed by atoms with E-state index in [1.807, 2.05) is 5.38 Å². The van der Waals surface area contributed by atoms with E-state index in [2.05, 4.69) is 11.9 Å². The summed E-state index contributed by atoms with van der Waals surface area (Å²) < 4.78 is 10.6. The predicted molar refractivity (Wildman–Crippen MR) is 78.2 cm³/mol. The number of aromatic nitrogens is 1. The molecule has 1 heterocycles. The van der Waals surface area contributed by atoms with E-state index in [4.69, 9.17) is 9.47 Å². The van der Waals surface area contributed by atoms with Gasteiger partial charge in [-0.05, 0) is 37.6 Å². The molecule has 20 heavy (non-hydrogen) atoms. The number of hydrogen-bond acceptors (Lipinski definition) is 5. The first-order valence-electron chi connectivity index (χ1n) is 6.56. The van der Waals surface area contributed by atoms with E-state index in [0.717, 1.165) is 17.1 Å². The van der Waals surface area contributed by atoms with Crippen LogP contribution in [0.5, 0.6) is 5.75 Å². The van der Waals surface area contributed by atoms with Crippen LogP contribution in [0.25, 0.3) is 0 Å². The molecule has 5 heteroatoms. The van der Waals surface area contributed by atoms with Crippen LogP contribution < -0.4 is 4.74 Å². The van der Waals surface area contributed by atoms with Gasteiger partial charge in [0.2, 0.25) is 0 Å². The molecule has 0 fully saturated rings. The highest BCUT2D eigenvalue weighted by molar-refractivity contribution is 7.09. The first kappa shape index (κ1) is 14.5. The van der Waals surface area contributed by atoms with Gasteiger partial charge in [0.15, 0.2) is 0 Å². The number of benzene rings is 1. The summed E-state index contributed by atoms with van der Waals surface area (Å²) in [6, 6.07) is 6.93. The van der Waals surface area contributed by atoms with Gasteiger partial charge in [0, 0.05) is 5.38 Å². The maximum atomic E-state index is 11.5. The molecule has 0 atom stereocenters. The van der Waals surface area contributed by atoms with Crippen molar-refractivity contribution in [3.63, 3.8) is 0 Å². The molecule has 0 saturated heterocycles. The van der Waals surface area contributed by atoms with Crippen LogP contribution in [-0.2, 0) is 17.8 Å². The Bertz CT molecular complexity index is 563. The van der Waals surface area contributed by atoms with Crippen molar-refractivity contribution in [3.8, 4) is 5.75 Å². The van der Waals surface area contributed by atoms with Crippen LogP contribution in [-0.4, -0.2) is 17.6 Å². The molecule has 0 amide bonds. The molecule has 0 saturated carbocycles. The Morgan fingerprint density at radius 1 is 1.25 bits per heavy atom. The number of carbonyl (C=O) groups excluding carboxylic acids is 1. The summed E-state index contributed by atoms with van der Waals surface area (Å²) in [4.78, 5) is 15.9. The molecular weight excluding hydrogens is 274 g/mol. The van der Waals surface area contributed by atoms with E-state index in [1.165, 1.54) is 0 Å². The molecule has 2 rings (SSSR count). The van der Waals surface area contributed by atoms with Crippen LogP contribution in [0.4, 0.5) is 0 Å². The smallest absolute Gasteiger partial charge is 0.338 e. The zero-order valence-electron chi connectivity index (χ0n) is 11.6. The van der Waals surface area contributed by atoms with Gasteiger partial charge in [-0.25, -0.2) is 9.78 Å². The summed E-state index contributed by atoms with van der Waals surface area (Å²) >= 11 is 1.64. The second kappa shape index (κ2) is 7.05. The zero-order chi connectivity index (χ0) is 14.4. The monoisotopic (exact) mass is 291 g/mol. The van der Waals surface area contributed by atoms with Crippen molar-refractivity contribution in [2.24, 2.45) is 0 Å². The van der Waals surface area contributed by atoms with Gasteiger partial charge in [0.25, 0.3) is 0 Å². The molecule has 0 spiro atoms. The lowest BCUT2D eigenvalue weighted by Crippen LogP contribution is -2.04. The van der Waals surface area contributed by atoms with Crippen molar-refractivity contribution < 1.29 is 14.3 Å². The summed E-state index contributed by atoms with van der Waals surface area (Å²) in [6.45, 7) is 4.68. The maximum absolute atomic E-state index is 11.5. The van der Waals surface area contributed by atoms with E-state index in [1.54, 1.807) is 42.5 Å². The molecular formula is C15H17NO3S. The first-order chi connectivity index (χ1) is 9.72. The van der Waals surface area contributed by atoms with Crippen molar-refractivity contribution in [2.45, 2.75) is 26.9 Å². The third kappa shape index (κ3) is 3.81. The van der Waals surface area contributed by atoms with E-state index >= 15 is 0 Å². The Morgan fingerprint density at radius 2 is 2.00 bits per heavy atom. The van der Waals surface area contributed by atoms with Crippen LogP contribution in [0.1, 0.15) is 34.9 Å². The molecule has 2 aromatic rings. The highest BCUT2D eigenvalue weighted by atomic mass is 32.1. The van der Waals surface area contributed by atoms with Crippen LogP contribution in [0, 0.1) is 0 Å². The second-order valence-corrected chi connectivity index (χ2v) is 5.06. The molecule has 0 N–H and O–H groups in total. The molecule has 0 bridgehead atoms. The van der Waals surface area contributed by atoms with E-state index in [-0.39, 0.29) is 5.97 Å². The van der Waals surface area contributed by atoms with Gasteiger partial charge in [0.05, 0.1) is 22.9 Å². The number of carbonyl (C=O) groups is 1. The normalized spacial score (nSPS) is 10.3. The van der Waals surface area contributed by atoms with Gasteiger partial charge in [0.1, 0.15) is 12.4 Å². The van der Waals surface area contributed by atoms with Gasteiger partial charge in [-0.15, -0.1) is 11.3 Å². The average Bonchev–Trinajstić information content (AvgIpc) is 2.94. The summed E-state index contributed by atoms with van der Waals surface area (Å²) in [5, 5.41) is 3.12. The third-order valence-electron chi connectivity index (χ3n) is 2.65. The summed E-state index contributed by atoms with van der Waals surface area (Å²) in [5.74, 6) is 0.398. The molecule has 1 aromatic carbocycles. The molecule has 0 aliphatic heterocycles. The Labute approximate surface area is 122 Å². The van der Waals surface area contributed by atoms with Crippen molar-refractivity contribution >= 4 is 17.3 Å². The number of ether oxygens (including phenoxy) is 2. The quantitative estimate of drug-likeness (QED) is 0.765. The van der Waals surface area contributed by atoms with Crippen LogP contribution >= 0.6 is 11.3 Å². The highest BCUT2D eigenvalue weighted by Gasteiger charge is 2.06. The lowest BCUT2D eigenvalue weighted by atomic mass is 10.2. The zero-order valence-corrected chi connectivity index (χ0v) is 12.4. The molecule has 0 aliphatic carbocycles. The molecule has 0 unspecified atom stereocenters. The predicted octanol–water partition coefficient (Wildman–Crippen LogP) is 3.46. The minimum atomic E-state index is -0.314. The SMILES string of the molecule is CCOC(=O)c1ccc(OCc2csc(CC)n2)cc1. The van der Waals surface area contributed by atoms with E-state index in [9.17, 15) is 4.79 Å². The van der Waals surface area contributed by atoms with Crippen LogP contribution in [0.2, 0.25) is 0 Å². The number of rotatable bonds is 6. The Hall–Kier alpha value is -1.88. The van der Waals surface area contributed by atoms with Gasteiger partial charge >= 0.3 is 5.97 Å². The number of aryl methyl sites for hydroxylation is 1. The van der Waals surface area contributed by atoms with Gasteiger partial charge < -0.3 is 9.47 Å². The van der Waals surface area contributed by atoms with E-state index in [0.29, 0.717) is 24.5 Å². The van der Waals surface area contributed by atoms with E-state index < -0.39 is 0 Å². The number of nitrogens with zero attached hydrogens (tertiary/aromatic N) is 1. The van der Waals surface area contributed by atoms with Crippen molar-refractivity contribution in [1.29, 1.82) is 0 Å². The Kier molecular flexibility index (Phi) is 5.12. The van der Waals surface area contributed by atoms with Crippen molar-refractivity contribution in [1.82, 2.24) is 4.98 Å². The summed E-state index contributed by atoms with van der Waals surface area (Å²) in [7, 11) is 0. The number of hydrogen-bond donors (Lipinski definition) is 0. The van der Waals surface area contributed by atoms with Gasteiger partial charge in [-0.3, -0.25) is 0 Å². The minimum Gasteiger partial charge on any atom is -0.487 e. The van der Waals surface area contributed by atoms with Crippen LogP contribution in [0.3, 0.4) is 0 Å². The second-order valence-electron chi connectivity index (χ2n) is 4.12. The van der Waals surface area contributed by atoms with Gasteiger partial charge in [-0.2, -0.15) is 0 Å². The maximum Gasteiger partial charge on any atom is 0.338 e. The molecule has 4 nitrogen and oxygen atoms in total. The third-order valence-corrected chi connectivity index (χ3v) is 3.70. The summed E-state index contributed by atoms with van der Waals surface area (Å²) in [6.07, 6.45) is 0.943. The molecule has 106 valence electrons. The minimum absolute atomic E-state index is 0.314. The Morgan fingerprint density at radius 3 is 2.60 bits per heavy atom. The van der Waals surface area contributed by atoms with Crippen molar-refractivity contribution in [2.75, 3.05) is 6.61 Å². The average molecular weight is 291 g/mol. The lowest BCUT2D eigenvalue weighted by molar-refractivity contribution is 0.0526. The van der Waals surface area contributed by atoms with Crippen molar-refractivity contribution in [3.05, 3.63) is 45.9 Å². The standard InChI is InChI=1S/C15H17NO3S/c1-3-14-16-12(10-20-14)9-19-13-7-5-11(6-8-13)15(17)18-4-2/h5-8,10H,3-4,9H2,1-2H3. The topological polar surface area (TPSA) is 48.4 Å². The fourth-order valence-corrected chi connectivity index (χ4v) is 2.37. The fraction of sp³-hybridized carbons (Fsp3) is 0.333. The first-order valence-corrected chi connectivity index (χ1v) is 7.44. The molecule has 0 radical (unpaired) electrons. The molecule has 0 aliphatic rings. The lowest BCUT2D eigenvalue weighted by Gasteiger charge is -2.05. The fourth-order valence-electron chi connectivity index (χ4n) is 1.64. The highest BCUT2D eigenvalue weighted by Crippen LogP contribution is 2.16. The molecule has 1 aromatic heterocycles. The number of thiazole rings is 1. The van der Waals surface area contributed by atoms with Gasteiger partial charge in [-0.1, -0.05) is 6.92 Å². The van der Waals surface area contributed by atoms with Crippen LogP contribution in [0.15, 0.2) is 29.6 Å². The summed E-state index contributed by atoms with van der Waals surface area (Å²) in [5.41, 5.74) is 1.46. The number of esters is 1.